The maximum atomic E-state index is 12.4. The van der Waals surface area contributed by atoms with Crippen LogP contribution in [0.4, 0.5) is 0 Å². The van der Waals surface area contributed by atoms with E-state index >= 15 is 0 Å². The van der Waals surface area contributed by atoms with Crippen LogP contribution in [0.5, 0.6) is 5.75 Å². The van der Waals surface area contributed by atoms with E-state index in [-0.39, 0.29) is 34.8 Å². The highest BCUT2D eigenvalue weighted by Crippen LogP contribution is 2.33. The number of allylic oxidation sites excluding steroid dienone is 2. The van der Waals surface area contributed by atoms with Gasteiger partial charge >= 0.3 is 0 Å². The molecule has 0 amide bonds. The van der Waals surface area contributed by atoms with Crippen molar-refractivity contribution in [2.75, 3.05) is 13.2 Å². The van der Waals surface area contributed by atoms with E-state index in [1.807, 2.05) is 13.8 Å². The molecule has 0 atom stereocenters. The number of aromatic hydroxyl groups is 1. The van der Waals surface area contributed by atoms with Gasteiger partial charge in [-0.05, 0) is 38.1 Å². The average molecular weight is 304 g/mol. The van der Waals surface area contributed by atoms with Gasteiger partial charge in [0.2, 0.25) is 0 Å². The number of para-hydroxylation sites is 1. The van der Waals surface area contributed by atoms with E-state index in [1.165, 1.54) is 12.1 Å². The molecule has 0 unspecified atom stereocenters. The molecule has 5 nitrogen and oxygen atoms in total. The molecular formula is C17H20O5. The standard InChI is InChI=1S/C17H20O5/c1-3-21-17(22-4-2)10-9-13(15(19)11-17)16(20)12-7-5-6-8-14(12)18/h5-10,18,20H,3-4,11H2,1-2H3. The van der Waals surface area contributed by atoms with Crippen LogP contribution in [-0.4, -0.2) is 35.0 Å². The van der Waals surface area contributed by atoms with Gasteiger partial charge in [-0.15, -0.1) is 0 Å². The Morgan fingerprint density at radius 2 is 1.86 bits per heavy atom. The number of aliphatic hydroxyl groups excluding tert-OH is 1. The van der Waals surface area contributed by atoms with Gasteiger partial charge in [-0.1, -0.05) is 12.1 Å². The van der Waals surface area contributed by atoms with Crippen molar-refractivity contribution in [2.45, 2.75) is 26.1 Å². The Hall–Kier alpha value is -2.11. The van der Waals surface area contributed by atoms with Crippen molar-refractivity contribution in [1.82, 2.24) is 0 Å². The van der Waals surface area contributed by atoms with Crippen molar-refractivity contribution in [2.24, 2.45) is 0 Å². The van der Waals surface area contributed by atoms with Gasteiger partial charge in [0.1, 0.15) is 11.5 Å². The van der Waals surface area contributed by atoms with Crippen LogP contribution in [0.25, 0.3) is 5.76 Å². The monoisotopic (exact) mass is 304 g/mol. The molecule has 2 N–H and O–H groups in total. The molecule has 0 fully saturated rings. The number of ether oxygens (including phenoxy) is 2. The van der Waals surface area contributed by atoms with Crippen LogP contribution in [0.1, 0.15) is 25.8 Å². The minimum atomic E-state index is -1.08. The molecule has 1 aliphatic carbocycles. The Kier molecular flexibility index (Phi) is 5.00. The van der Waals surface area contributed by atoms with Crippen molar-refractivity contribution < 1.29 is 24.5 Å². The Balaban J connectivity index is 2.41. The van der Waals surface area contributed by atoms with Gasteiger partial charge in [0.05, 0.1) is 17.6 Å². The molecule has 0 spiro atoms. The Bertz CT molecular complexity index is 609. The fraction of sp³-hybridized carbons (Fsp3) is 0.353. The molecule has 0 saturated carbocycles. The lowest BCUT2D eigenvalue weighted by Gasteiger charge is -2.32. The summed E-state index contributed by atoms with van der Waals surface area (Å²) in [5.41, 5.74) is 0.354. The summed E-state index contributed by atoms with van der Waals surface area (Å²) in [5, 5.41) is 20.1. The normalized spacial score (nSPS) is 19.3. The SMILES string of the molecule is CCOC1(OCC)C=CC(=C(O)c2ccccc2O)C(=O)C1. The van der Waals surface area contributed by atoms with Gasteiger partial charge in [0, 0.05) is 13.2 Å². The summed E-state index contributed by atoms with van der Waals surface area (Å²) >= 11 is 0. The highest BCUT2D eigenvalue weighted by molar-refractivity contribution is 6.05. The maximum Gasteiger partial charge on any atom is 0.195 e. The summed E-state index contributed by atoms with van der Waals surface area (Å²) < 4.78 is 11.1. The zero-order chi connectivity index (χ0) is 16.2. The second kappa shape index (κ2) is 6.77. The fourth-order valence-electron chi connectivity index (χ4n) is 2.44. The van der Waals surface area contributed by atoms with E-state index < -0.39 is 5.79 Å². The van der Waals surface area contributed by atoms with E-state index in [1.54, 1.807) is 24.3 Å². The minimum absolute atomic E-state index is 0.0157. The lowest BCUT2D eigenvalue weighted by molar-refractivity contribution is -0.203. The van der Waals surface area contributed by atoms with Crippen molar-refractivity contribution >= 4 is 11.5 Å². The van der Waals surface area contributed by atoms with Crippen LogP contribution in [-0.2, 0) is 14.3 Å². The Morgan fingerprint density at radius 3 is 2.41 bits per heavy atom. The van der Waals surface area contributed by atoms with E-state index in [2.05, 4.69) is 0 Å². The number of carbonyl (C=O) groups is 1. The average Bonchev–Trinajstić information content (AvgIpc) is 2.48. The molecule has 1 aromatic rings. The summed E-state index contributed by atoms with van der Waals surface area (Å²) in [7, 11) is 0. The van der Waals surface area contributed by atoms with Crippen LogP contribution in [0.3, 0.4) is 0 Å². The van der Waals surface area contributed by atoms with Crippen LogP contribution in [0, 0.1) is 0 Å². The van der Waals surface area contributed by atoms with E-state index in [0.717, 1.165) is 0 Å². The molecule has 5 heteroatoms. The number of aliphatic hydroxyl groups is 1. The summed E-state index contributed by atoms with van der Waals surface area (Å²) in [6, 6.07) is 6.32. The highest BCUT2D eigenvalue weighted by Gasteiger charge is 2.37. The number of Topliss-reactive ketones (excluding diaryl/α,β-unsaturated/α-hetero) is 1. The predicted molar refractivity (Wildman–Crippen MR) is 82.4 cm³/mol. The molecule has 22 heavy (non-hydrogen) atoms. The molecular weight excluding hydrogens is 284 g/mol. The third kappa shape index (κ3) is 3.21. The summed E-state index contributed by atoms with van der Waals surface area (Å²) in [6.45, 7) is 4.46. The number of phenols is 1. The number of carbonyl (C=O) groups excluding carboxylic acids is 1. The molecule has 0 aromatic heterocycles. The first kappa shape index (κ1) is 16.3. The molecule has 118 valence electrons. The molecule has 1 aliphatic rings. The van der Waals surface area contributed by atoms with Gasteiger partial charge < -0.3 is 19.7 Å². The number of benzene rings is 1. The zero-order valence-corrected chi connectivity index (χ0v) is 12.7. The number of hydrogen-bond donors (Lipinski definition) is 2. The first-order chi connectivity index (χ1) is 10.5. The molecule has 0 bridgehead atoms. The van der Waals surface area contributed by atoms with Gasteiger partial charge in [-0.3, -0.25) is 4.79 Å². The lowest BCUT2D eigenvalue weighted by atomic mass is 9.92. The minimum Gasteiger partial charge on any atom is -0.507 e. The van der Waals surface area contributed by atoms with Crippen molar-refractivity contribution in [3.63, 3.8) is 0 Å². The van der Waals surface area contributed by atoms with E-state index in [9.17, 15) is 15.0 Å². The molecule has 0 heterocycles. The van der Waals surface area contributed by atoms with Crippen LogP contribution >= 0.6 is 0 Å². The zero-order valence-electron chi connectivity index (χ0n) is 12.7. The second-order valence-electron chi connectivity index (χ2n) is 4.89. The smallest absolute Gasteiger partial charge is 0.195 e. The predicted octanol–water partition coefficient (Wildman–Crippen LogP) is 2.96. The number of hydrogen-bond acceptors (Lipinski definition) is 5. The van der Waals surface area contributed by atoms with Crippen LogP contribution in [0.15, 0.2) is 42.0 Å². The van der Waals surface area contributed by atoms with Crippen molar-refractivity contribution in [1.29, 1.82) is 0 Å². The highest BCUT2D eigenvalue weighted by atomic mass is 16.7. The van der Waals surface area contributed by atoms with Gasteiger partial charge in [-0.25, -0.2) is 0 Å². The molecule has 1 aromatic carbocycles. The van der Waals surface area contributed by atoms with Crippen molar-refractivity contribution in [3.05, 3.63) is 47.6 Å². The third-order valence-corrected chi connectivity index (χ3v) is 3.40. The maximum absolute atomic E-state index is 12.4. The number of phenolic OH excluding ortho intramolecular Hbond substituents is 1. The second-order valence-corrected chi connectivity index (χ2v) is 4.89. The fourth-order valence-corrected chi connectivity index (χ4v) is 2.44. The number of ketones is 1. The van der Waals surface area contributed by atoms with Gasteiger partial charge in [0.15, 0.2) is 11.6 Å². The number of rotatable bonds is 5. The molecule has 0 radical (unpaired) electrons. The summed E-state index contributed by atoms with van der Waals surface area (Å²) in [6.07, 6.45) is 3.10. The summed E-state index contributed by atoms with van der Waals surface area (Å²) in [4.78, 5) is 12.4. The first-order valence-electron chi connectivity index (χ1n) is 7.25. The van der Waals surface area contributed by atoms with Crippen LogP contribution < -0.4 is 0 Å². The largest absolute Gasteiger partial charge is 0.507 e. The Morgan fingerprint density at radius 1 is 1.23 bits per heavy atom. The molecule has 2 rings (SSSR count). The Labute approximate surface area is 129 Å². The van der Waals surface area contributed by atoms with E-state index in [0.29, 0.717) is 13.2 Å². The lowest BCUT2D eigenvalue weighted by Crippen LogP contribution is -2.39. The molecule has 0 aliphatic heterocycles. The summed E-state index contributed by atoms with van der Waals surface area (Å²) in [5.74, 6) is -1.71. The quantitative estimate of drug-likeness (QED) is 0.497. The van der Waals surface area contributed by atoms with Gasteiger partial charge in [-0.2, -0.15) is 0 Å². The van der Waals surface area contributed by atoms with Gasteiger partial charge in [0.25, 0.3) is 0 Å². The topological polar surface area (TPSA) is 76.0 Å². The molecule has 0 saturated heterocycles. The first-order valence-corrected chi connectivity index (χ1v) is 7.25. The van der Waals surface area contributed by atoms with Crippen molar-refractivity contribution in [3.8, 4) is 5.75 Å². The van der Waals surface area contributed by atoms with E-state index in [4.69, 9.17) is 9.47 Å². The third-order valence-electron chi connectivity index (χ3n) is 3.40. The van der Waals surface area contributed by atoms with Crippen LogP contribution in [0.2, 0.25) is 0 Å².